The van der Waals surface area contributed by atoms with Gasteiger partial charge in [0, 0.05) is 7.05 Å². The standard InChI is InChI=1S/C20H21N5O/c1-24(19-8-4-6-16-5-2-3-7-18(16)19)20(26)13-15-9-11-17(12-10-15)25-14-21-22-23-25/h2-3,5,7,9-12,14,19H,4,6,8,13H2,1H3. The topological polar surface area (TPSA) is 63.9 Å². The van der Waals surface area contributed by atoms with Gasteiger partial charge in [-0.1, -0.05) is 36.4 Å². The van der Waals surface area contributed by atoms with Crippen molar-refractivity contribution in [2.45, 2.75) is 31.7 Å². The zero-order valence-electron chi connectivity index (χ0n) is 14.7. The number of amides is 1. The minimum absolute atomic E-state index is 0.141. The number of aryl methyl sites for hydroxylation is 1. The Labute approximate surface area is 152 Å². The van der Waals surface area contributed by atoms with Crippen LogP contribution in [-0.2, 0) is 17.6 Å². The summed E-state index contributed by atoms with van der Waals surface area (Å²) in [6, 6.07) is 16.4. The molecule has 0 saturated heterocycles. The number of aromatic nitrogens is 4. The predicted octanol–water partition coefficient (Wildman–Crippen LogP) is 2.74. The number of carbonyl (C=O) groups is 1. The van der Waals surface area contributed by atoms with Crippen LogP contribution in [0.15, 0.2) is 54.9 Å². The Morgan fingerprint density at radius 3 is 2.77 bits per heavy atom. The van der Waals surface area contributed by atoms with Crippen LogP contribution in [0.5, 0.6) is 0 Å². The Hall–Kier alpha value is -3.02. The largest absolute Gasteiger partial charge is 0.338 e. The summed E-state index contributed by atoms with van der Waals surface area (Å²) in [6.07, 6.45) is 5.20. The summed E-state index contributed by atoms with van der Waals surface area (Å²) in [6.45, 7) is 0. The minimum atomic E-state index is 0.141. The number of likely N-dealkylation sites (N-methyl/N-ethyl adjacent to an activating group) is 1. The van der Waals surface area contributed by atoms with Gasteiger partial charge in [0.05, 0.1) is 18.2 Å². The highest BCUT2D eigenvalue weighted by atomic mass is 16.2. The molecular weight excluding hydrogens is 326 g/mol. The molecule has 3 aromatic rings. The average molecular weight is 347 g/mol. The Morgan fingerprint density at radius 1 is 1.19 bits per heavy atom. The van der Waals surface area contributed by atoms with Gasteiger partial charge in [-0.25, -0.2) is 4.68 Å². The molecule has 1 unspecified atom stereocenters. The third kappa shape index (κ3) is 3.22. The third-order valence-electron chi connectivity index (χ3n) is 5.10. The minimum Gasteiger partial charge on any atom is -0.338 e. The summed E-state index contributed by atoms with van der Waals surface area (Å²) in [4.78, 5) is 14.7. The Morgan fingerprint density at radius 2 is 2.00 bits per heavy atom. The van der Waals surface area contributed by atoms with Gasteiger partial charge in [-0.15, -0.1) is 5.10 Å². The van der Waals surface area contributed by atoms with E-state index in [1.807, 2.05) is 36.2 Å². The number of benzene rings is 2. The van der Waals surface area contributed by atoms with Crippen LogP contribution in [0, 0.1) is 0 Å². The molecule has 6 heteroatoms. The lowest BCUT2D eigenvalue weighted by Gasteiger charge is -2.33. The first-order valence-electron chi connectivity index (χ1n) is 8.88. The molecule has 132 valence electrons. The van der Waals surface area contributed by atoms with Crippen LogP contribution in [0.25, 0.3) is 5.69 Å². The molecule has 0 radical (unpaired) electrons. The number of hydrogen-bond acceptors (Lipinski definition) is 4. The van der Waals surface area contributed by atoms with Crippen molar-refractivity contribution in [2.24, 2.45) is 0 Å². The monoisotopic (exact) mass is 347 g/mol. The molecule has 1 aliphatic rings. The molecule has 0 aliphatic heterocycles. The molecule has 0 saturated carbocycles. The van der Waals surface area contributed by atoms with Crippen molar-refractivity contribution in [3.63, 3.8) is 0 Å². The highest BCUT2D eigenvalue weighted by Crippen LogP contribution is 2.33. The second-order valence-corrected chi connectivity index (χ2v) is 6.71. The van der Waals surface area contributed by atoms with Crippen molar-refractivity contribution < 1.29 is 4.79 Å². The van der Waals surface area contributed by atoms with E-state index in [4.69, 9.17) is 0 Å². The summed E-state index contributed by atoms with van der Waals surface area (Å²) < 4.78 is 1.59. The first-order chi connectivity index (χ1) is 12.7. The zero-order valence-corrected chi connectivity index (χ0v) is 14.7. The Balaban J connectivity index is 1.47. The lowest BCUT2D eigenvalue weighted by Crippen LogP contribution is -2.34. The van der Waals surface area contributed by atoms with Crippen molar-refractivity contribution in [1.82, 2.24) is 25.1 Å². The molecule has 1 amide bonds. The van der Waals surface area contributed by atoms with E-state index < -0.39 is 0 Å². The summed E-state index contributed by atoms with van der Waals surface area (Å²) in [5, 5.41) is 11.1. The van der Waals surface area contributed by atoms with E-state index in [1.165, 1.54) is 11.1 Å². The molecule has 0 N–H and O–H groups in total. The quantitative estimate of drug-likeness (QED) is 0.728. The maximum Gasteiger partial charge on any atom is 0.227 e. The Kier molecular flexibility index (Phi) is 4.48. The fourth-order valence-corrected chi connectivity index (χ4v) is 3.65. The normalized spacial score (nSPS) is 16.1. The maximum atomic E-state index is 12.8. The first-order valence-corrected chi connectivity index (χ1v) is 8.88. The van der Waals surface area contributed by atoms with Gasteiger partial charge in [-0.3, -0.25) is 4.79 Å². The third-order valence-corrected chi connectivity index (χ3v) is 5.10. The van der Waals surface area contributed by atoms with Crippen molar-refractivity contribution in [1.29, 1.82) is 0 Å². The van der Waals surface area contributed by atoms with Crippen LogP contribution in [-0.4, -0.2) is 38.1 Å². The maximum absolute atomic E-state index is 12.8. The second kappa shape index (κ2) is 7.07. The average Bonchev–Trinajstić information content (AvgIpc) is 3.22. The van der Waals surface area contributed by atoms with Gasteiger partial charge in [0.2, 0.25) is 5.91 Å². The second-order valence-electron chi connectivity index (χ2n) is 6.71. The number of tetrazole rings is 1. The van der Waals surface area contributed by atoms with Crippen LogP contribution in [0.4, 0.5) is 0 Å². The molecule has 1 aromatic heterocycles. The van der Waals surface area contributed by atoms with Crippen molar-refractivity contribution in [2.75, 3.05) is 7.05 Å². The van der Waals surface area contributed by atoms with Gasteiger partial charge in [-0.05, 0) is 58.5 Å². The number of fused-ring (bicyclic) bond motifs is 1. The molecule has 6 nitrogen and oxygen atoms in total. The summed E-state index contributed by atoms with van der Waals surface area (Å²) in [5.41, 5.74) is 4.53. The number of nitrogens with zero attached hydrogens (tertiary/aromatic N) is 5. The molecule has 1 heterocycles. The van der Waals surface area contributed by atoms with Crippen molar-refractivity contribution in [3.8, 4) is 5.69 Å². The van der Waals surface area contributed by atoms with Gasteiger partial charge < -0.3 is 4.90 Å². The molecule has 1 aliphatic carbocycles. The highest BCUT2D eigenvalue weighted by molar-refractivity contribution is 5.79. The number of carbonyl (C=O) groups excluding carboxylic acids is 1. The number of rotatable bonds is 4. The fraction of sp³-hybridized carbons (Fsp3) is 0.300. The van der Waals surface area contributed by atoms with Crippen molar-refractivity contribution >= 4 is 5.91 Å². The van der Waals surface area contributed by atoms with Gasteiger partial charge in [-0.2, -0.15) is 0 Å². The van der Waals surface area contributed by atoms with E-state index in [-0.39, 0.29) is 11.9 Å². The summed E-state index contributed by atoms with van der Waals surface area (Å²) >= 11 is 0. The summed E-state index contributed by atoms with van der Waals surface area (Å²) in [5.74, 6) is 0.141. The Bertz CT molecular complexity index is 889. The fourth-order valence-electron chi connectivity index (χ4n) is 3.65. The summed E-state index contributed by atoms with van der Waals surface area (Å²) in [7, 11) is 1.92. The van der Waals surface area contributed by atoms with Gasteiger partial charge in [0.15, 0.2) is 0 Å². The van der Waals surface area contributed by atoms with E-state index in [9.17, 15) is 4.79 Å². The van der Waals surface area contributed by atoms with Crippen LogP contribution in [0.3, 0.4) is 0 Å². The van der Waals surface area contributed by atoms with Crippen LogP contribution in [0.2, 0.25) is 0 Å². The molecule has 2 aromatic carbocycles. The molecule has 1 atom stereocenters. The van der Waals surface area contributed by atoms with Gasteiger partial charge >= 0.3 is 0 Å². The van der Waals surface area contributed by atoms with E-state index in [2.05, 4.69) is 39.8 Å². The van der Waals surface area contributed by atoms with Crippen LogP contribution < -0.4 is 0 Å². The molecule has 0 spiro atoms. The van der Waals surface area contributed by atoms with E-state index in [0.717, 1.165) is 30.5 Å². The van der Waals surface area contributed by atoms with Crippen molar-refractivity contribution in [3.05, 3.63) is 71.5 Å². The molecule has 26 heavy (non-hydrogen) atoms. The number of hydrogen-bond donors (Lipinski definition) is 0. The first kappa shape index (κ1) is 16.4. The zero-order chi connectivity index (χ0) is 17.9. The van der Waals surface area contributed by atoms with Crippen LogP contribution >= 0.6 is 0 Å². The van der Waals surface area contributed by atoms with E-state index in [0.29, 0.717) is 6.42 Å². The van der Waals surface area contributed by atoms with E-state index >= 15 is 0 Å². The molecular formula is C20H21N5O. The smallest absolute Gasteiger partial charge is 0.227 e. The van der Waals surface area contributed by atoms with Crippen LogP contribution in [0.1, 0.15) is 35.6 Å². The highest BCUT2D eigenvalue weighted by Gasteiger charge is 2.26. The molecule has 4 rings (SSSR count). The lowest BCUT2D eigenvalue weighted by atomic mass is 9.87. The van der Waals surface area contributed by atoms with Gasteiger partial charge in [0.25, 0.3) is 0 Å². The van der Waals surface area contributed by atoms with E-state index in [1.54, 1.807) is 11.0 Å². The lowest BCUT2D eigenvalue weighted by molar-refractivity contribution is -0.131. The molecule has 0 bridgehead atoms. The molecule has 0 fully saturated rings. The predicted molar refractivity (Wildman–Crippen MR) is 97.7 cm³/mol. The van der Waals surface area contributed by atoms with Gasteiger partial charge in [0.1, 0.15) is 6.33 Å². The SMILES string of the molecule is CN(C(=O)Cc1ccc(-n2cnnn2)cc1)C1CCCc2ccccc21.